The molecule has 0 bridgehead atoms. The third-order valence-corrected chi connectivity index (χ3v) is 10.5. The van der Waals surface area contributed by atoms with Crippen molar-refractivity contribution in [1.29, 1.82) is 0 Å². The molecule has 6 rings (SSSR count). The maximum absolute atomic E-state index is 16.2. The molecule has 3 saturated heterocycles. The topological polar surface area (TPSA) is 77.6 Å². The number of hydrogen-bond acceptors (Lipinski definition) is 8. The molecule has 224 valence electrons. The van der Waals surface area contributed by atoms with Crippen LogP contribution >= 0.6 is 11.6 Å². The highest BCUT2D eigenvalue weighted by Crippen LogP contribution is 2.47. The van der Waals surface area contributed by atoms with E-state index in [1.54, 1.807) is 6.20 Å². The molecule has 0 radical (unpaired) electrons. The van der Waals surface area contributed by atoms with Crippen LogP contribution in [0.2, 0.25) is 0 Å². The second-order valence-corrected chi connectivity index (χ2v) is 13.3. The molecule has 1 amide bonds. The zero-order valence-corrected chi connectivity index (χ0v) is 24.6. The van der Waals surface area contributed by atoms with Gasteiger partial charge in [0.05, 0.1) is 49.1 Å². The maximum Gasteiger partial charge on any atom is 0.256 e. The second-order valence-electron chi connectivity index (χ2n) is 12.7. The highest BCUT2D eigenvalue weighted by molar-refractivity contribution is 6.21. The van der Waals surface area contributed by atoms with E-state index in [2.05, 4.69) is 38.8 Å². The molecule has 4 heterocycles. The van der Waals surface area contributed by atoms with Gasteiger partial charge in [-0.3, -0.25) is 24.3 Å². The van der Waals surface area contributed by atoms with Gasteiger partial charge >= 0.3 is 0 Å². The number of amides is 1. The molecular formula is C29H45ClFN5O4. The van der Waals surface area contributed by atoms with E-state index < -0.39 is 24.2 Å². The summed E-state index contributed by atoms with van der Waals surface area (Å²) in [5.74, 6) is -1.21. The van der Waals surface area contributed by atoms with E-state index in [0.29, 0.717) is 32.3 Å². The van der Waals surface area contributed by atoms with Gasteiger partial charge in [-0.2, -0.15) is 0 Å². The molecule has 2 saturated carbocycles. The first-order valence-electron chi connectivity index (χ1n) is 15.3. The number of Topliss-reactive ketones (excluding diaryl/α,β-unsaturated/α-hetero) is 1. The van der Waals surface area contributed by atoms with E-state index in [0.717, 1.165) is 58.5 Å². The van der Waals surface area contributed by atoms with E-state index in [1.165, 1.54) is 0 Å². The Labute approximate surface area is 242 Å². The lowest BCUT2D eigenvalue weighted by molar-refractivity contribution is -0.213. The number of nitrogens with one attached hydrogen (secondary N) is 1. The fraction of sp³-hybridized carbons (Fsp3) is 0.862. The van der Waals surface area contributed by atoms with E-state index >= 15 is 4.39 Å². The average molecular weight is 582 g/mol. The number of hydrogen-bond donors (Lipinski definition) is 1. The Morgan fingerprint density at radius 2 is 1.85 bits per heavy atom. The number of carbonyl (C=O) groups is 2. The summed E-state index contributed by atoms with van der Waals surface area (Å²) in [5.41, 5.74) is 0.149. The molecule has 0 aromatic carbocycles. The Kier molecular flexibility index (Phi) is 8.73. The first-order chi connectivity index (χ1) is 19.3. The molecular weight excluding hydrogens is 537 g/mol. The summed E-state index contributed by atoms with van der Waals surface area (Å²) in [6.07, 6.45) is 2.59. The number of carbonyl (C=O) groups excluding carboxylic acids is 2. The van der Waals surface area contributed by atoms with Gasteiger partial charge < -0.3 is 19.7 Å². The molecule has 6 aliphatic rings. The van der Waals surface area contributed by atoms with Crippen LogP contribution in [0.15, 0.2) is 11.8 Å². The Balaban J connectivity index is 1.23. The van der Waals surface area contributed by atoms with Gasteiger partial charge in [-0.05, 0) is 39.5 Å². The van der Waals surface area contributed by atoms with E-state index in [4.69, 9.17) is 21.1 Å². The SMILES string of the molecule is CC(C)N1CCN(C2C(F)CC3C(=O)C(C(=O)NCCN4CCOCC4)=CN4C5CC(Cl)CCC5OC2C34)CC1. The van der Waals surface area contributed by atoms with Crippen molar-refractivity contribution in [3.8, 4) is 0 Å². The van der Waals surface area contributed by atoms with Crippen LogP contribution in [0.4, 0.5) is 4.39 Å². The highest BCUT2D eigenvalue weighted by atomic mass is 35.5. The third-order valence-electron chi connectivity index (χ3n) is 10.1. The quantitative estimate of drug-likeness (QED) is 0.371. The fourth-order valence-electron chi connectivity index (χ4n) is 7.92. The van der Waals surface area contributed by atoms with E-state index in [-0.39, 0.29) is 47.2 Å². The predicted molar refractivity (Wildman–Crippen MR) is 150 cm³/mol. The number of morpholine rings is 2. The molecule has 2 aliphatic carbocycles. The lowest BCUT2D eigenvalue weighted by atomic mass is 9.69. The van der Waals surface area contributed by atoms with Crippen LogP contribution in [0.3, 0.4) is 0 Å². The Hall–Kier alpha value is -1.30. The van der Waals surface area contributed by atoms with Crippen LogP contribution in [0, 0.1) is 5.92 Å². The molecule has 0 spiro atoms. The van der Waals surface area contributed by atoms with Crippen LogP contribution in [-0.2, 0) is 19.1 Å². The van der Waals surface area contributed by atoms with Crippen molar-refractivity contribution in [2.75, 3.05) is 65.6 Å². The molecule has 5 fully saturated rings. The van der Waals surface area contributed by atoms with E-state index in [1.807, 2.05) is 0 Å². The minimum Gasteiger partial charge on any atom is -0.379 e. The van der Waals surface area contributed by atoms with Gasteiger partial charge in [0.2, 0.25) is 0 Å². The molecule has 4 aliphatic heterocycles. The summed E-state index contributed by atoms with van der Waals surface area (Å²) in [6, 6.07) is -0.219. The number of fused-ring (bicyclic) bond motifs is 2. The van der Waals surface area contributed by atoms with Crippen molar-refractivity contribution in [1.82, 2.24) is 24.9 Å². The number of nitrogens with zero attached hydrogens (tertiary/aromatic N) is 4. The number of ether oxygens (including phenoxy) is 2. The zero-order chi connectivity index (χ0) is 28.0. The number of alkyl halides is 2. The molecule has 11 heteroatoms. The van der Waals surface area contributed by atoms with Gasteiger partial charge in [0.25, 0.3) is 5.91 Å². The number of halogens is 2. The molecule has 40 heavy (non-hydrogen) atoms. The summed E-state index contributed by atoms with van der Waals surface area (Å²) < 4.78 is 28.4. The predicted octanol–water partition coefficient (Wildman–Crippen LogP) is 1.25. The normalized spacial score (nSPS) is 39.5. The molecule has 0 aromatic rings. The van der Waals surface area contributed by atoms with Crippen LogP contribution in [0.5, 0.6) is 0 Å². The van der Waals surface area contributed by atoms with Crippen molar-refractivity contribution >= 4 is 23.3 Å². The minimum absolute atomic E-state index is 0.0150. The lowest BCUT2D eigenvalue weighted by Gasteiger charge is -2.61. The summed E-state index contributed by atoms with van der Waals surface area (Å²) in [4.78, 5) is 36.3. The molecule has 8 unspecified atom stereocenters. The van der Waals surface area contributed by atoms with Crippen LogP contribution in [-0.4, -0.2) is 145 Å². The third kappa shape index (κ3) is 5.56. The fourth-order valence-corrected chi connectivity index (χ4v) is 8.23. The first kappa shape index (κ1) is 28.8. The van der Waals surface area contributed by atoms with Gasteiger partial charge in [-0.25, -0.2) is 4.39 Å². The maximum atomic E-state index is 16.2. The average Bonchev–Trinajstić information content (AvgIpc) is 2.95. The van der Waals surface area contributed by atoms with E-state index in [9.17, 15) is 9.59 Å². The Bertz CT molecular complexity index is 972. The summed E-state index contributed by atoms with van der Waals surface area (Å²) in [5, 5.41) is 2.99. The Morgan fingerprint density at radius 3 is 2.58 bits per heavy atom. The van der Waals surface area contributed by atoms with Gasteiger partial charge in [-0.15, -0.1) is 11.6 Å². The van der Waals surface area contributed by atoms with Gasteiger partial charge in [-0.1, -0.05) is 0 Å². The smallest absolute Gasteiger partial charge is 0.256 e. The highest BCUT2D eigenvalue weighted by Gasteiger charge is 2.60. The van der Waals surface area contributed by atoms with Gasteiger partial charge in [0, 0.05) is 75.9 Å². The number of piperazine rings is 1. The Morgan fingerprint density at radius 1 is 1.10 bits per heavy atom. The summed E-state index contributed by atoms with van der Waals surface area (Å²) in [6.45, 7) is 12.0. The van der Waals surface area contributed by atoms with Crippen molar-refractivity contribution in [3.05, 3.63) is 11.8 Å². The van der Waals surface area contributed by atoms with Crippen LogP contribution in [0.1, 0.15) is 39.5 Å². The van der Waals surface area contributed by atoms with Gasteiger partial charge in [0.1, 0.15) is 6.17 Å². The van der Waals surface area contributed by atoms with Crippen molar-refractivity contribution < 1.29 is 23.5 Å². The molecule has 0 aromatic heterocycles. The monoisotopic (exact) mass is 581 g/mol. The molecule has 1 N–H and O–H groups in total. The van der Waals surface area contributed by atoms with Crippen LogP contribution < -0.4 is 5.32 Å². The minimum atomic E-state index is -1.19. The standard InChI is InChI=1S/C29H45ClFN5O4/c1-18(2)34-7-9-35(10-8-34)26-22(31)16-20-25-28(26)40-24-4-3-19(30)15-23(24)36(25)17-21(27(20)37)29(38)32-5-6-33-11-13-39-14-12-33/h17-20,22-26,28H,3-16H2,1-2H3,(H,32,38). The van der Waals surface area contributed by atoms with Crippen molar-refractivity contribution in [2.45, 2.75) is 87.5 Å². The lowest BCUT2D eigenvalue weighted by Crippen LogP contribution is -2.74. The molecule has 8 atom stereocenters. The molecule has 9 nitrogen and oxygen atoms in total. The first-order valence-corrected chi connectivity index (χ1v) is 15.8. The van der Waals surface area contributed by atoms with Crippen LogP contribution in [0.25, 0.3) is 0 Å². The van der Waals surface area contributed by atoms with Crippen molar-refractivity contribution in [3.63, 3.8) is 0 Å². The summed E-state index contributed by atoms with van der Waals surface area (Å²) in [7, 11) is 0. The summed E-state index contributed by atoms with van der Waals surface area (Å²) >= 11 is 6.64. The zero-order valence-electron chi connectivity index (χ0n) is 23.9. The number of ketones is 1. The van der Waals surface area contributed by atoms with Crippen molar-refractivity contribution in [2.24, 2.45) is 5.92 Å². The largest absolute Gasteiger partial charge is 0.379 e. The number of rotatable bonds is 6. The van der Waals surface area contributed by atoms with Gasteiger partial charge in [0.15, 0.2) is 5.78 Å². The second kappa shape index (κ2) is 12.1.